The van der Waals surface area contributed by atoms with Crippen molar-refractivity contribution in [2.24, 2.45) is 0 Å². The first-order valence-corrected chi connectivity index (χ1v) is 13.2. The number of halogens is 4. The summed E-state index contributed by atoms with van der Waals surface area (Å²) in [6.07, 6.45) is 0. The van der Waals surface area contributed by atoms with Gasteiger partial charge in [0.05, 0.1) is 16.3 Å². The Morgan fingerprint density at radius 1 is 0.844 bits per heavy atom. The predicted octanol–water partition coefficient (Wildman–Crippen LogP) is 6.97. The third-order valence-electron chi connectivity index (χ3n) is 4.10. The summed E-state index contributed by atoms with van der Waals surface area (Å²) in [6.45, 7) is 0. The van der Waals surface area contributed by atoms with E-state index in [9.17, 15) is 13.2 Å². The van der Waals surface area contributed by atoms with Crippen molar-refractivity contribution in [2.75, 3.05) is 15.8 Å². The van der Waals surface area contributed by atoms with E-state index < -0.39 is 10.0 Å². The molecule has 0 heterocycles. The Hall–Kier alpha value is -1.61. The van der Waals surface area contributed by atoms with E-state index in [-0.39, 0.29) is 22.2 Å². The van der Waals surface area contributed by atoms with Crippen LogP contribution in [0.1, 0.15) is 5.56 Å². The minimum absolute atomic E-state index is 0.0225. The molecule has 168 valence electrons. The lowest BCUT2D eigenvalue weighted by atomic mass is 10.2. The summed E-state index contributed by atoms with van der Waals surface area (Å²) in [5.74, 6) is 0.432. The van der Waals surface area contributed by atoms with Gasteiger partial charge in [-0.2, -0.15) is 0 Å². The second-order valence-corrected chi connectivity index (χ2v) is 10.9. The molecule has 0 radical (unpaired) electrons. The molecule has 0 saturated carbocycles. The fraction of sp³-hybridized carbons (Fsp3) is 0.0952. The van der Waals surface area contributed by atoms with Crippen LogP contribution < -0.4 is 10.0 Å². The van der Waals surface area contributed by atoms with Gasteiger partial charge in [-0.05, 0) is 60.2 Å². The van der Waals surface area contributed by atoms with Crippen molar-refractivity contribution in [3.8, 4) is 0 Å². The predicted molar refractivity (Wildman–Crippen MR) is 135 cm³/mol. The van der Waals surface area contributed by atoms with Crippen molar-refractivity contribution < 1.29 is 13.2 Å². The molecule has 0 unspecified atom stereocenters. The molecule has 3 aromatic rings. The summed E-state index contributed by atoms with van der Waals surface area (Å²) in [7, 11) is -3.85. The number of amides is 1. The topological polar surface area (TPSA) is 75.3 Å². The van der Waals surface area contributed by atoms with Crippen molar-refractivity contribution in [2.45, 2.75) is 10.6 Å². The maximum absolute atomic E-state index is 12.6. The molecule has 0 aliphatic heterocycles. The van der Waals surface area contributed by atoms with Gasteiger partial charge in [-0.25, -0.2) is 8.42 Å². The lowest BCUT2D eigenvalue weighted by molar-refractivity contribution is -0.113. The number of carbonyl (C=O) groups is 1. The first-order valence-electron chi connectivity index (χ1n) is 9.03. The Bertz CT molecular complexity index is 1200. The maximum Gasteiger partial charge on any atom is 0.261 e. The van der Waals surface area contributed by atoms with E-state index in [4.69, 9.17) is 46.4 Å². The summed E-state index contributed by atoms with van der Waals surface area (Å²) in [5, 5.41) is 4.44. The lowest BCUT2D eigenvalue weighted by Gasteiger charge is -2.10. The standard InChI is InChI=1S/C21H16Cl4N2O3S2/c22-13-8-14(23)10-16(9-13)27-32(29,30)17-6-4-15(5-7-17)26-21(28)12-31-11-18-19(24)2-1-3-20(18)25/h1-10,27H,11-12H2,(H,26,28). The zero-order valence-corrected chi connectivity index (χ0v) is 20.9. The third-order valence-corrected chi connectivity index (χ3v) is 7.61. The van der Waals surface area contributed by atoms with Crippen LogP contribution in [0.2, 0.25) is 20.1 Å². The van der Waals surface area contributed by atoms with Crippen molar-refractivity contribution in [3.63, 3.8) is 0 Å². The normalized spacial score (nSPS) is 11.2. The quantitative estimate of drug-likeness (QED) is 0.318. The van der Waals surface area contributed by atoms with Crippen molar-refractivity contribution in [1.82, 2.24) is 0 Å². The van der Waals surface area contributed by atoms with E-state index in [2.05, 4.69) is 10.0 Å². The molecule has 3 aromatic carbocycles. The maximum atomic E-state index is 12.6. The van der Waals surface area contributed by atoms with E-state index in [1.165, 1.54) is 54.2 Å². The van der Waals surface area contributed by atoms with Crippen LogP contribution in [0, 0.1) is 0 Å². The largest absolute Gasteiger partial charge is 0.325 e. The molecule has 32 heavy (non-hydrogen) atoms. The van der Waals surface area contributed by atoms with Gasteiger partial charge in [0.1, 0.15) is 0 Å². The SMILES string of the molecule is O=C(CSCc1c(Cl)cccc1Cl)Nc1ccc(S(=O)(=O)Nc2cc(Cl)cc(Cl)c2)cc1. The Morgan fingerprint density at radius 3 is 2.03 bits per heavy atom. The van der Waals surface area contributed by atoms with E-state index in [0.29, 0.717) is 31.5 Å². The van der Waals surface area contributed by atoms with Gasteiger partial charge in [-0.15, -0.1) is 11.8 Å². The lowest BCUT2D eigenvalue weighted by Crippen LogP contribution is -2.15. The highest BCUT2D eigenvalue weighted by molar-refractivity contribution is 7.99. The third kappa shape index (κ3) is 6.94. The zero-order valence-electron chi connectivity index (χ0n) is 16.2. The molecular formula is C21H16Cl4N2O3S2. The smallest absolute Gasteiger partial charge is 0.261 e. The van der Waals surface area contributed by atoms with Gasteiger partial charge in [0, 0.05) is 31.5 Å². The molecule has 0 aliphatic carbocycles. The number of hydrogen-bond acceptors (Lipinski definition) is 4. The Morgan fingerprint density at radius 2 is 1.44 bits per heavy atom. The first kappa shape index (κ1) is 25.0. The fourth-order valence-electron chi connectivity index (χ4n) is 2.66. The molecule has 0 bridgehead atoms. The monoisotopic (exact) mass is 548 g/mol. The van der Waals surface area contributed by atoms with Crippen LogP contribution >= 0.6 is 58.2 Å². The molecule has 0 fully saturated rings. The van der Waals surface area contributed by atoms with Gasteiger partial charge in [-0.3, -0.25) is 9.52 Å². The van der Waals surface area contributed by atoms with Crippen LogP contribution in [0.5, 0.6) is 0 Å². The summed E-state index contributed by atoms with van der Waals surface area (Å²) < 4.78 is 27.6. The highest BCUT2D eigenvalue weighted by Crippen LogP contribution is 2.28. The Balaban J connectivity index is 1.57. The van der Waals surface area contributed by atoms with Crippen LogP contribution in [0.25, 0.3) is 0 Å². The van der Waals surface area contributed by atoms with Gasteiger partial charge < -0.3 is 5.32 Å². The number of sulfonamides is 1. The molecule has 3 rings (SSSR count). The first-order chi connectivity index (χ1) is 15.1. The molecule has 0 aliphatic rings. The molecular weight excluding hydrogens is 534 g/mol. The Labute approximate surface area is 210 Å². The van der Waals surface area contributed by atoms with Crippen molar-refractivity contribution in [3.05, 3.63) is 86.3 Å². The molecule has 2 N–H and O–H groups in total. The van der Waals surface area contributed by atoms with E-state index >= 15 is 0 Å². The van der Waals surface area contributed by atoms with E-state index in [1.54, 1.807) is 18.2 Å². The van der Waals surface area contributed by atoms with E-state index in [0.717, 1.165) is 5.56 Å². The fourth-order valence-corrected chi connectivity index (χ4v) is 5.79. The number of rotatable bonds is 8. The number of thioether (sulfide) groups is 1. The van der Waals surface area contributed by atoms with Gasteiger partial charge >= 0.3 is 0 Å². The minimum Gasteiger partial charge on any atom is -0.325 e. The number of anilines is 2. The second-order valence-electron chi connectivity index (χ2n) is 6.53. The minimum atomic E-state index is -3.85. The van der Waals surface area contributed by atoms with Gasteiger partial charge in [0.25, 0.3) is 10.0 Å². The van der Waals surface area contributed by atoms with Gasteiger partial charge in [0.15, 0.2) is 0 Å². The second kappa shape index (κ2) is 11.0. The average Bonchev–Trinajstić information content (AvgIpc) is 2.69. The molecule has 0 atom stereocenters. The van der Waals surface area contributed by atoms with Crippen LogP contribution in [-0.2, 0) is 20.6 Å². The zero-order chi connectivity index (χ0) is 23.3. The van der Waals surface area contributed by atoms with Crippen molar-refractivity contribution >= 4 is 85.5 Å². The van der Waals surface area contributed by atoms with Crippen LogP contribution in [0.3, 0.4) is 0 Å². The number of carbonyl (C=O) groups excluding carboxylic acids is 1. The van der Waals surface area contributed by atoms with Crippen LogP contribution in [0.15, 0.2) is 65.6 Å². The van der Waals surface area contributed by atoms with E-state index in [1.807, 2.05) is 0 Å². The summed E-state index contributed by atoms with van der Waals surface area (Å²) >= 11 is 25.4. The molecule has 0 aromatic heterocycles. The highest BCUT2D eigenvalue weighted by Gasteiger charge is 2.15. The van der Waals surface area contributed by atoms with Crippen LogP contribution in [0.4, 0.5) is 11.4 Å². The van der Waals surface area contributed by atoms with Gasteiger partial charge in [0.2, 0.25) is 5.91 Å². The number of benzene rings is 3. The number of nitrogens with one attached hydrogen (secondary N) is 2. The van der Waals surface area contributed by atoms with Gasteiger partial charge in [-0.1, -0.05) is 52.5 Å². The summed E-state index contributed by atoms with van der Waals surface area (Å²) in [6, 6.07) is 15.4. The molecule has 5 nitrogen and oxygen atoms in total. The molecule has 11 heteroatoms. The molecule has 0 saturated heterocycles. The van der Waals surface area contributed by atoms with Crippen LogP contribution in [-0.4, -0.2) is 20.1 Å². The average molecular weight is 550 g/mol. The van der Waals surface area contributed by atoms with Crippen molar-refractivity contribution in [1.29, 1.82) is 0 Å². The molecule has 1 amide bonds. The Kier molecular flexibility index (Phi) is 8.61. The summed E-state index contributed by atoms with van der Waals surface area (Å²) in [4.78, 5) is 12.2. The highest BCUT2D eigenvalue weighted by atomic mass is 35.5. The summed E-state index contributed by atoms with van der Waals surface area (Å²) in [5.41, 5.74) is 1.49. The molecule has 0 spiro atoms. The number of hydrogen-bond donors (Lipinski definition) is 2.